The van der Waals surface area contributed by atoms with Gasteiger partial charge in [0.15, 0.2) is 0 Å². The van der Waals surface area contributed by atoms with Crippen LogP contribution in [-0.4, -0.2) is 20.9 Å². The van der Waals surface area contributed by atoms with Crippen LogP contribution in [-0.2, 0) is 4.79 Å². The number of hydrogen-bond acceptors (Lipinski definition) is 2. The molecule has 0 aliphatic heterocycles. The van der Waals surface area contributed by atoms with Crippen LogP contribution in [0.1, 0.15) is 31.9 Å². The number of aromatic nitrogens is 2. The number of carbonyl (C=O) groups is 1. The van der Waals surface area contributed by atoms with E-state index in [1.165, 1.54) is 6.08 Å². The van der Waals surface area contributed by atoms with Gasteiger partial charge in [0, 0.05) is 23.9 Å². The monoisotopic (exact) mass is 194 g/mol. The minimum Gasteiger partial charge on any atom is -0.478 e. The highest BCUT2D eigenvalue weighted by atomic mass is 16.4. The maximum atomic E-state index is 10.3. The zero-order valence-electron chi connectivity index (χ0n) is 8.34. The summed E-state index contributed by atoms with van der Waals surface area (Å²) in [5.74, 6) is -0.943. The first-order valence-corrected chi connectivity index (χ1v) is 4.58. The van der Waals surface area contributed by atoms with Gasteiger partial charge in [0.25, 0.3) is 0 Å². The molecule has 1 N–H and O–H groups in total. The van der Waals surface area contributed by atoms with E-state index >= 15 is 0 Å². The second-order valence-electron chi connectivity index (χ2n) is 3.18. The summed E-state index contributed by atoms with van der Waals surface area (Å²) in [5.41, 5.74) is 0.813. The summed E-state index contributed by atoms with van der Waals surface area (Å²) in [6.45, 7) is 4.15. The lowest BCUT2D eigenvalue weighted by Gasteiger charge is -2.07. The molecule has 0 radical (unpaired) electrons. The topological polar surface area (TPSA) is 55.1 Å². The molecular weight excluding hydrogens is 180 g/mol. The Morgan fingerprint density at radius 1 is 1.79 bits per heavy atom. The minimum atomic E-state index is -0.943. The Hall–Kier alpha value is -1.58. The van der Waals surface area contributed by atoms with Gasteiger partial charge >= 0.3 is 5.97 Å². The highest BCUT2D eigenvalue weighted by Gasteiger charge is 2.02. The molecule has 0 spiro atoms. The maximum Gasteiger partial charge on any atom is 0.328 e. The van der Waals surface area contributed by atoms with Gasteiger partial charge in [-0.3, -0.25) is 4.68 Å². The lowest BCUT2D eigenvalue weighted by molar-refractivity contribution is -0.131. The van der Waals surface area contributed by atoms with Crippen LogP contribution in [0.4, 0.5) is 0 Å². The number of carboxylic acid groups (broad SMARTS) is 1. The summed E-state index contributed by atoms with van der Waals surface area (Å²) in [5, 5.41) is 12.6. The second kappa shape index (κ2) is 4.60. The Morgan fingerprint density at radius 2 is 2.50 bits per heavy atom. The molecule has 0 saturated heterocycles. The van der Waals surface area contributed by atoms with E-state index in [9.17, 15) is 4.79 Å². The molecule has 0 bridgehead atoms. The molecule has 1 heterocycles. The van der Waals surface area contributed by atoms with E-state index in [4.69, 9.17) is 5.11 Å². The van der Waals surface area contributed by atoms with Gasteiger partial charge in [-0.1, -0.05) is 6.92 Å². The summed E-state index contributed by atoms with van der Waals surface area (Å²) in [4.78, 5) is 10.3. The molecule has 76 valence electrons. The fourth-order valence-corrected chi connectivity index (χ4v) is 1.03. The standard InChI is InChI=1S/C10H14N2O2/c1-3-8(2)12-7-9(6-11-12)4-5-10(13)14/h4-8H,3H2,1-2H3,(H,13,14)/b5-4+/t8-/m0/s1. The van der Waals surface area contributed by atoms with E-state index in [1.807, 2.05) is 10.9 Å². The van der Waals surface area contributed by atoms with Gasteiger partial charge in [-0.2, -0.15) is 5.10 Å². The van der Waals surface area contributed by atoms with Crippen molar-refractivity contribution < 1.29 is 9.90 Å². The van der Waals surface area contributed by atoms with Crippen molar-refractivity contribution in [2.75, 3.05) is 0 Å². The lowest BCUT2D eigenvalue weighted by Crippen LogP contribution is -2.03. The predicted molar refractivity (Wildman–Crippen MR) is 53.9 cm³/mol. The van der Waals surface area contributed by atoms with Crippen LogP contribution in [0.15, 0.2) is 18.5 Å². The second-order valence-corrected chi connectivity index (χ2v) is 3.18. The Balaban J connectivity index is 2.73. The van der Waals surface area contributed by atoms with Crippen molar-refractivity contribution in [2.24, 2.45) is 0 Å². The molecule has 1 aromatic heterocycles. The van der Waals surface area contributed by atoms with Crippen molar-refractivity contribution in [3.05, 3.63) is 24.0 Å². The van der Waals surface area contributed by atoms with Crippen molar-refractivity contribution >= 4 is 12.0 Å². The summed E-state index contributed by atoms with van der Waals surface area (Å²) in [7, 11) is 0. The third kappa shape index (κ3) is 2.73. The van der Waals surface area contributed by atoms with Crippen LogP contribution in [0.25, 0.3) is 6.08 Å². The Kier molecular flexibility index (Phi) is 3.45. The molecule has 0 aliphatic carbocycles. The van der Waals surface area contributed by atoms with Crippen LogP contribution < -0.4 is 0 Å². The van der Waals surface area contributed by atoms with Crippen LogP contribution in [0.5, 0.6) is 0 Å². The summed E-state index contributed by atoms with van der Waals surface area (Å²) >= 11 is 0. The largest absolute Gasteiger partial charge is 0.478 e. The zero-order valence-corrected chi connectivity index (χ0v) is 8.34. The Morgan fingerprint density at radius 3 is 3.07 bits per heavy atom. The molecule has 4 nitrogen and oxygen atoms in total. The van der Waals surface area contributed by atoms with Crippen LogP contribution in [0.2, 0.25) is 0 Å². The van der Waals surface area contributed by atoms with E-state index in [0.29, 0.717) is 6.04 Å². The maximum absolute atomic E-state index is 10.3. The highest BCUT2D eigenvalue weighted by molar-refractivity contribution is 5.85. The first-order chi connectivity index (χ1) is 6.63. The molecule has 1 atom stereocenters. The first-order valence-electron chi connectivity index (χ1n) is 4.58. The van der Waals surface area contributed by atoms with Gasteiger partial charge in [0.05, 0.1) is 6.20 Å². The Labute approximate surface area is 82.9 Å². The fourth-order valence-electron chi connectivity index (χ4n) is 1.03. The van der Waals surface area contributed by atoms with Crippen molar-refractivity contribution in [3.8, 4) is 0 Å². The van der Waals surface area contributed by atoms with Gasteiger partial charge in [-0.15, -0.1) is 0 Å². The zero-order chi connectivity index (χ0) is 10.6. The third-order valence-corrected chi connectivity index (χ3v) is 2.08. The molecular formula is C10H14N2O2. The smallest absolute Gasteiger partial charge is 0.328 e. The summed E-state index contributed by atoms with van der Waals surface area (Å²) in [6.07, 6.45) is 7.15. The van der Waals surface area contributed by atoms with Crippen LogP contribution >= 0.6 is 0 Å². The average molecular weight is 194 g/mol. The summed E-state index contributed by atoms with van der Waals surface area (Å²) in [6, 6.07) is 0.349. The molecule has 0 aliphatic rings. The quantitative estimate of drug-likeness (QED) is 0.745. The SMILES string of the molecule is CC[C@H](C)n1cc(/C=C/C(=O)O)cn1. The van der Waals surface area contributed by atoms with Crippen LogP contribution in [0.3, 0.4) is 0 Å². The number of aliphatic carboxylic acids is 1. The highest BCUT2D eigenvalue weighted by Crippen LogP contribution is 2.10. The number of rotatable bonds is 4. The molecule has 0 amide bonds. The molecule has 1 aromatic rings. The number of nitrogens with zero attached hydrogens (tertiary/aromatic N) is 2. The normalized spacial score (nSPS) is 13.3. The van der Waals surface area contributed by atoms with Crippen molar-refractivity contribution in [2.45, 2.75) is 26.3 Å². The molecule has 0 unspecified atom stereocenters. The van der Waals surface area contributed by atoms with Gasteiger partial charge in [-0.05, 0) is 19.4 Å². The van der Waals surface area contributed by atoms with Crippen molar-refractivity contribution in [1.82, 2.24) is 9.78 Å². The van der Waals surface area contributed by atoms with E-state index in [1.54, 1.807) is 6.20 Å². The summed E-state index contributed by atoms with van der Waals surface area (Å²) < 4.78 is 1.83. The molecule has 14 heavy (non-hydrogen) atoms. The van der Waals surface area contributed by atoms with E-state index < -0.39 is 5.97 Å². The number of carboxylic acids is 1. The van der Waals surface area contributed by atoms with Gasteiger partial charge < -0.3 is 5.11 Å². The fraction of sp³-hybridized carbons (Fsp3) is 0.400. The molecule has 0 fully saturated rings. The van der Waals surface area contributed by atoms with Gasteiger partial charge in [-0.25, -0.2) is 4.79 Å². The first kappa shape index (κ1) is 10.5. The molecule has 0 saturated carbocycles. The van der Waals surface area contributed by atoms with Crippen molar-refractivity contribution in [3.63, 3.8) is 0 Å². The Bertz CT molecular complexity index is 342. The minimum absolute atomic E-state index is 0.349. The van der Waals surface area contributed by atoms with E-state index in [0.717, 1.165) is 18.1 Å². The third-order valence-electron chi connectivity index (χ3n) is 2.08. The van der Waals surface area contributed by atoms with Gasteiger partial charge in [0.1, 0.15) is 0 Å². The van der Waals surface area contributed by atoms with Crippen LogP contribution in [0, 0.1) is 0 Å². The van der Waals surface area contributed by atoms with E-state index in [2.05, 4.69) is 18.9 Å². The van der Waals surface area contributed by atoms with E-state index in [-0.39, 0.29) is 0 Å². The predicted octanol–water partition coefficient (Wildman–Crippen LogP) is 1.95. The molecule has 0 aromatic carbocycles. The van der Waals surface area contributed by atoms with Gasteiger partial charge in [0.2, 0.25) is 0 Å². The average Bonchev–Trinajstić information content (AvgIpc) is 2.62. The van der Waals surface area contributed by atoms with Crippen molar-refractivity contribution in [1.29, 1.82) is 0 Å². The lowest BCUT2D eigenvalue weighted by atomic mass is 10.2. The molecule has 1 rings (SSSR count). The molecule has 4 heteroatoms. The number of hydrogen-bond donors (Lipinski definition) is 1.